The number of thiophene rings is 1. The van der Waals surface area contributed by atoms with Crippen LogP contribution < -0.4 is 5.32 Å². The molecule has 6 heteroatoms. The number of hydrogen-bond donors (Lipinski definition) is 1. The Labute approximate surface area is 125 Å². The molecule has 21 heavy (non-hydrogen) atoms. The molecule has 0 saturated carbocycles. The number of fused-ring (bicyclic) bond motifs is 1. The molecular formula is C15H14N4OS. The molecule has 0 aliphatic rings. The Hall–Kier alpha value is -2.47. The van der Waals surface area contributed by atoms with E-state index >= 15 is 0 Å². The Morgan fingerprint density at radius 1 is 1.48 bits per heavy atom. The van der Waals surface area contributed by atoms with Crippen molar-refractivity contribution in [2.24, 2.45) is 7.05 Å². The van der Waals surface area contributed by atoms with Gasteiger partial charge in [-0.2, -0.15) is 5.10 Å². The van der Waals surface area contributed by atoms with E-state index in [1.165, 1.54) is 6.08 Å². The normalized spacial score (nSPS) is 11.3. The summed E-state index contributed by atoms with van der Waals surface area (Å²) in [5.41, 5.74) is 2.37. The summed E-state index contributed by atoms with van der Waals surface area (Å²) in [5, 5.41) is 10.0. The van der Waals surface area contributed by atoms with Gasteiger partial charge >= 0.3 is 0 Å². The van der Waals surface area contributed by atoms with Gasteiger partial charge in [-0.3, -0.25) is 9.48 Å². The first-order valence-electron chi connectivity index (χ1n) is 6.45. The van der Waals surface area contributed by atoms with Gasteiger partial charge in [0.25, 0.3) is 0 Å². The van der Waals surface area contributed by atoms with E-state index in [4.69, 9.17) is 0 Å². The monoisotopic (exact) mass is 298 g/mol. The summed E-state index contributed by atoms with van der Waals surface area (Å²) in [5.74, 6) is -0.175. The van der Waals surface area contributed by atoms with E-state index in [1.54, 1.807) is 28.3 Å². The quantitative estimate of drug-likeness (QED) is 0.756. The summed E-state index contributed by atoms with van der Waals surface area (Å²) < 4.78 is 1.73. The zero-order valence-corrected chi connectivity index (χ0v) is 12.5. The number of carbonyl (C=O) groups excluding carboxylic acids is 1. The number of pyridine rings is 1. The van der Waals surface area contributed by atoms with Crippen molar-refractivity contribution < 1.29 is 4.79 Å². The predicted molar refractivity (Wildman–Crippen MR) is 85.2 cm³/mol. The first-order valence-corrected chi connectivity index (χ1v) is 7.33. The first kappa shape index (κ1) is 13.5. The van der Waals surface area contributed by atoms with Crippen LogP contribution in [0, 0.1) is 6.92 Å². The van der Waals surface area contributed by atoms with E-state index < -0.39 is 0 Å². The second-order valence-electron chi connectivity index (χ2n) is 4.64. The first-order chi connectivity index (χ1) is 10.1. The van der Waals surface area contributed by atoms with Crippen molar-refractivity contribution in [2.45, 2.75) is 6.92 Å². The highest BCUT2D eigenvalue weighted by Crippen LogP contribution is 2.19. The fourth-order valence-electron chi connectivity index (χ4n) is 2.10. The Morgan fingerprint density at radius 3 is 3.10 bits per heavy atom. The smallest absolute Gasteiger partial charge is 0.248 e. The molecule has 0 unspecified atom stereocenters. The molecule has 0 saturated heterocycles. The lowest BCUT2D eigenvalue weighted by Crippen LogP contribution is -2.08. The van der Waals surface area contributed by atoms with Crippen LogP contribution in [-0.4, -0.2) is 20.7 Å². The van der Waals surface area contributed by atoms with Crippen LogP contribution in [0.25, 0.3) is 17.1 Å². The molecule has 0 fully saturated rings. The maximum atomic E-state index is 11.9. The van der Waals surface area contributed by atoms with E-state index in [1.807, 2.05) is 37.6 Å². The van der Waals surface area contributed by atoms with Crippen molar-refractivity contribution in [3.05, 3.63) is 46.4 Å². The maximum absolute atomic E-state index is 11.9. The van der Waals surface area contributed by atoms with Crippen LogP contribution in [0.1, 0.15) is 10.6 Å². The number of aryl methyl sites for hydroxylation is 2. The Kier molecular flexibility index (Phi) is 3.53. The molecule has 106 valence electrons. The summed E-state index contributed by atoms with van der Waals surface area (Å²) in [6.45, 7) is 1.92. The molecule has 1 N–H and O–H groups in total. The molecule has 0 aliphatic carbocycles. The van der Waals surface area contributed by atoms with Crippen molar-refractivity contribution >= 4 is 40.0 Å². The molecule has 0 aliphatic heterocycles. The summed E-state index contributed by atoms with van der Waals surface area (Å²) in [4.78, 5) is 17.3. The van der Waals surface area contributed by atoms with Gasteiger partial charge < -0.3 is 5.32 Å². The average molecular weight is 298 g/mol. The van der Waals surface area contributed by atoms with Gasteiger partial charge in [0, 0.05) is 23.4 Å². The minimum Gasteiger partial charge on any atom is -0.321 e. The van der Waals surface area contributed by atoms with Crippen LogP contribution in [0.3, 0.4) is 0 Å². The third-order valence-electron chi connectivity index (χ3n) is 3.07. The number of nitrogens with one attached hydrogen (secondary N) is 1. The van der Waals surface area contributed by atoms with E-state index in [0.29, 0.717) is 5.69 Å². The van der Waals surface area contributed by atoms with Crippen molar-refractivity contribution in [1.82, 2.24) is 14.8 Å². The fraction of sp³-hybridized carbons (Fsp3) is 0.133. The lowest BCUT2D eigenvalue weighted by Gasteiger charge is -2.02. The SMILES string of the molecule is Cc1nn(C)c2ncc(NC(=O)/C=C/c3cccs3)cc12. The molecule has 0 radical (unpaired) electrons. The molecule has 3 rings (SSSR count). The van der Waals surface area contributed by atoms with E-state index in [2.05, 4.69) is 15.4 Å². The molecule has 3 aromatic heterocycles. The van der Waals surface area contributed by atoms with Crippen LogP contribution in [0.15, 0.2) is 35.9 Å². The molecule has 0 bridgehead atoms. The van der Waals surface area contributed by atoms with Gasteiger partial charge in [0.2, 0.25) is 5.91 Å². The van der Waals surface area contributed by atoms with Crippen LogP contribution in [0.2, 0.25) is 0 Å². The third-order valence-corrected chi connectivity index (χ3v) is 3.91. The number of nitrogens with zero attached hydrogens (tertiary/aromatic N) is 3. The van der Waals surface area contributed by atoms with Gasteiger partial charge in [-0.15, -0.1) is 11.3 Å². The maximum Gasteiger partial charge on any atom is 0.248 e. The minimum absolute atomic E-state index is 0.175. The number of aromatic nitrogens is 3. The molecule has 3 aromatic rings. The highest BCUT2D eigenvalue weighted by atomic mass is 32.1. The number of carbonyl (C=O) groups is 1. The van der Waals surface area contributed by atoms with Gasteiger partial charge in [-0.25, -0.2) is 4.98 Å². The summed E-state index contributed by atoms with van der Waals surface area (Å²) in [6.07, 6.45) is 4.95. The number of hydrogen-bond acceptors (Lipinski definition) is 4. The highest BCUT2D eigenvalue weighted by Gasteiger charge is 2.07. The second kappa shape index (κ2) is 5.49. The topological polar surface area (TPSA) is 59.8 Å². The van der Waals surface area contributed by atoms with Crippen molar-refractivity contribution in [2.75, 3.05) is 5.32 Å². The molecular weight excluding hydrogens is 284 g/mol. The van der Waals surface area contributed by atoms with Gasteiger partial charge in [0.15, 0.2) is 5.65 Å². The number of anilines is 1. The van der Waals surface area contributed by atoms with Crippen molar-refractivity contribution in [3.8, 4) is 0 Å². The zero-order chi connectivity index (χ0) is 14.8. The lowest BCUT2D eigenvalue weighted by atomic mass is 10.2. The molecule has 1 amide bonds. The molecule has 0 atom stereocenters. The summed E-state index contributed by atoms with van der Waals surface area (Å²) in [7, 11) is 1.85. The van der Waals surface area contributed by atoms with Crippen molar-refractivity contribution in [3.63, 3.8) is 0 Å². The van der Waals surface area contributed by atoms with E-state index in [9.17, 15) is 4.79 Å². The summed E-state index contributed by atoms with van der Waals surface area (Å²) >= 11 is 1.59. The number of rotatable bonds is 3. The van der Waals surface area contributed by atoms with Gasteiger partial charge in [0.05, 0.1) is 17.6 Å². The predicted octanol–water partition coefficient (Wildman–Crippen LogP) is 2.99. The summed E-state index contributed by atoms with van der Waals surface area (Å²) in [6, 6.07) is 5.80. The van der Waals surface area contributed by atoms with Crippen LogP contribution in [0.5, 0.6) is 0 Å². The Balaban J connectivity index is 1.78. The molecule has 0 aromatic carbocycles. The van der Waals surface area contributed by atoms with Gasteiger partial charge in [-0.05, 0) is 30.5 Å². The van der Waals surface area contributed by atoms with E-state index in [-0.39, 0.29) is 5.91 Å². The Bertz CT molecular complexity index is 818. The molecule has 0 spiro atoms. The number of amides is 1. The van der Waals surface area contributed by atoms with Crippen LogP contribution in [0.4, 0.5) is 5.69 Å². The van der Waals surface area contributed by atoms with Crippen LogP contribution >= 0.6 is 11.3 Å². The fourth-order valence-corrected chi connectivity index (χ4v) is 2.72. The zero-order valence-electron chi connectivity index (χ0n) is 11.7. The second-order valence-corrected chi connectivity index (χ2v) is 5.62. The minimum atomic E-state index is -0.175. The largest absolute Gasteiger partial charge is 0.321 e. The lowest BCUT2D eigenvalue weighted by molar-refractivity contribution is -0.111. The Morgan fingerprint density at radius 2 is 2.33 bits per heavy atom. The molecule has 5 nitrogen and oxygen atoms in total. The third kappa shape index (κ3) is 2.85. The van der Waals surface area contributed by atoms with Gasteiger partial charge in [0.1, 0.15) is 0 Å². The molecule has 3 heterocycles. The van der Waals surface area contributed by atoms with E-state index in [0.717, 1.165) is 21.6 Å². The average Bonchev–Trinajstić information content (AvgIpc) is 3.06. The standard InChI is InChI=1S/C15H14N4OS/c1-10-13-8-11(9-16-15(13)19(2)18-10)17-14(20)6-5-12-4-3-7-21-12/h3-9H,1-2H3,(H,17,20)/b6-5+. The highest BCUT2D eigenvalue weighted by molar-refractivity contribution is 7.10. The van der Waals surface area contributed by atoms with Gasteiger partial charge in [-0.1, -0.05) is 6.07 Å². The van der Waals surface area contributed by atoms with Crippen molar-refractivity contribution in [1.29, 1.82) is 0 Å². The van der Waals surface area contributed by atoms with Crippen LogP contribution in [-0.2, 0) is 11.8 Å².